The van der Waals surface area contributed by atoms with E-state index >= 15 is 0 Å². The maximum atomic E-state index is 12.7. The van der Waals surface area contributed by atoms with Crippen molar-refractivity contribution in [2.75, 3.05) is 34.0 Å². The summed E-state index contributed by atoms with van der Waals surface area (Å²) in [5, 5.41) is 2.36. The molecule has 24 heavy (non-hydrogen) atoms. The lowest BCUT2D eigenvalue weighted by atomic mass is 10.1. The van der Waals surface area contributed by atoms with Crippen molar-refractivity contribution in [1.29, 1.82) is 0 Å². The molecule has 0 spiro atoms. The topological polar surface area (TPSA) is 81.7 Å². The second kappa shape index (κ2) is 10.5. The van der Waals surface area contributed by atoms with E-state index in [-0.39, 0.29) is 36.5 Å². The number of nitrogens with one attached hydrogen (secondary N) is 1. The molecule has 1 atom stereocenters. The second-order valence-corrected chi connectivity index (χ2v) is 6.99. The Morgan fingerprint density at radius 3 is 2.17 bits per heavy atom. The Bertz CT molecular complexity index is 438. The molecule has 0 saturated carbocycles. The van der Waals surface area contributed by atoms with Crippen molar-refractivity contribution in [2.45, 2.75) is 45.8 Å². The first-order chi connectivity index (χ1) is 10.4. The van der Waals surface area contributed by atoms with Gasteiger partial charge in [0.15, 0.2) is 0 Å². The van der Waals surface area contributed by atoms with Gasteiger partial charge in [0.1, 0.15) is 24.8 Å². The summed E-state index contributed by atoms with van der Waals surface area (Å²) in [6.45, 7) is 6.01. The highest BCUT2D eigenvalue weighted by atomic mass is 35.5. The molecule has 0 unspecified atom stereocenters. The van der Waals surface area contributed by atoms with E-state index in [0.717, 1.165) is 0 Å². The highest BCUT2D eigenvalue weighted by Crippen LogP contribution is 2.10. The predicted molar refractivity (Wildman–Crippen MR) is 82.0 cm³/mol. The average Bonchev–Trinajstić information content (AvgIpc) is 2.34. The fourth-order valence-corrected chi connectivity index (χ4v) is 1.54. The van der Waals surface area contributed by atoms with Crippen LogP contribution in [0.15, 0.2) is 0 Å². The van der Waals surface area contributed by atoms with Gasteiger partial charge in [0.25, 0.3) is 0 Å². The normalized spacial score (nSPS) is 12.6. The first-order valence-corrected chi connectivity index (χ1v) is 7.40. The van der Waals surface area contributed by atoms with Crippen LogP contribution >= 0.6 is 0 Å². The lowest BCUT2D eigenvalue weighted by Gasteiger charge is -2.26. The summed E-state index contributed by atoms with van der Waals surface area (Å²) in [6, 6.07) is -1.12. The van der Waals surface area contributed by atoms with Crippen molar-refractivity contribution in [3.63, 3.8) is 0 Å². The summed E-state index contributed by atoms with van der Waals surface area (Å²) < 4.78 is 22.9. The van der Waals surface area contributed by atoms with Gasteiger partial charge in [-0.05, 0) is 20.8 Å². The molecule has 1 N–H and O–H groups in total. The molecule has 142 valence electrons. The van der Waals surface area contributed by atoms with Gasteiger partial charge in [0.2, 0.25) is 12.7 Å². The Morgan fingerprint density at radius 1 is 1.21 bits per heavy atom. The Kier molecular flexibility index (Phi) is 10.8. The van der Waals surface area contributed by atoms with E-state index in [9.17, 15) is 18.8 Å². The number of amides is 1. The number of halogens is 2. The molecule has 0 aliphatic heterocycles. The van der Waals surface area contributed by atoms with Crippen LogP contribution in [0.25, 0.3) is 0 Å². The minimum Gasteiger partial charge on any atom is -1.00 e. The van der Waals surface area contributed by atoms with E-state index in [0.29, 0.717) is 0 Å². The van der Waals surface area contributed by atoms with E-state index in [1.165, 1.54) is 6.92 Å². The molecule has 0 aliphatic rings. The van der Waals surface area contributed by atoms with Gasteiger partial charge in [0.05, 0.1) is 20.5 Å². The monoisotopic (exact) mass is 370 g/mol. The van der Waals surface area contributed by atoms with Gasteiger partial charge in [0, 0.05) is 6.92 Å². The number of carbonyl (C=O) groups is 3. The van der Waals surface area contributed by atoms with Gasteiger partial charge in [-0.15, -0.1) is 0 Å². The number of nitrogens with zero attached hydrogens (tertiary/aromatic N) is 1. The molecule has 0 heterocycles. The number of quaternary nitrogens is 1. The maximum absolute atomic E-state index is 12.7. The van der Waals surface area contributed by atoms with Crippen LogP contribution in [-0.4, -0.2) is 68.0 Å². The van der Waals surface area contributed by atoms with E-state index in [4.69, 9.17) is 9.47 Å². The molecule has 0 saturated heterocycles. The molecular formula is C15H28ClFN2O5. The Labute approximate surface area is 148 Å². The molecular weight excluding hydrogens is 343 g/mol. The van der Waals surface area contributed by atoms with Crippen LogP contribution in [0.4, 0.5) is 4.39 Å². The van der Waals surface area contributed by atoms with Crippen LogP contribution in [0, 0.1) is 0 Å². The van der Waals surface area contributed by atoms with Gasteiger partial charge in [-0.2, -0.15) is 4.39 Å². The van der Waals surface area contributed by atoms with Crippen LogP contribution in [0.2, 0.25) is 0 Å². The minimum atomic E-state index is -1.12. The third-order valence-electron chi connectivity index (χ3n) is 2.72. The quantitative estimate of drug-likeness (QED) is 0.297. The van der Waals surface area contributed by atoms with Gasteiger partial charge >= 0.3 is 11.9 Å². The molecule has 0 radical (unpaired) electrons. The summed E-state index contributed by atoms with van der Waals surface area (Å²) in [5.74, 6) is -1.83. The van der Waals surface area contributed by atoms with E-state index in [1.807, 2.05) is 0 Å². The molecule has 0 aliphatic carbocycles. The standard InChI is InChI=1S/C15H27FN2O5.ClH/c1-11(19)17-12(9-13(20)23-15(2,3)4)14(21)22-8-7-18(5,6)10-16;/h12H,7-10H2,1-6H3;1H/t12-;/m0./s1. The van der Waals surface area contributed by atoms with Gasteiger partial charge in [-0.25, -0.2) is 4.79 Å². The van der Waals surface area contributed by atoms with Crippen LogP contribution < -0.4 is 17.7 Å². The number of likely N-dealkylation sites (N-methyl/N-ethyl adjacent to an activating group) is 1. The molecule has 7 nitrogen and oxygen atoms in total. The van der Waals surface area contributed by atoms with Crippen LogP contribution in [0.3, 0.4) is 0 Å². The van der Waals surface area contributed by atoms with E-state index in [2.05, 4.69) is 5.32 Å². The maximum Gasteiger partial charge on any atom is 0.329 e. The number of hydrogen-bond acceptors (Lipinski definition) is 5. The van der Waals surface area contributed by atoms with E-state index < -0.39 is 36.3 Å². The Morgan fingerprint density at radius 2 is 1.75 bits per heavy atom. The molecule has 9 heteroatoms. The van der Waals surface area contributed by atoms with Crippen LogP contribution in [0.1, 0.15) is 34.1 Å². The Balaban J connectivity index is 0. The van der Waals surface area contributed by atoms with Crippen molar-refractivity contribution < 1.29 is 45.1 Å². The van der Waals surface area contributed by atoms with Crippen molar-refractivity contribution in [3.05, 3.63) is 0 Å². The molecule has 1 amide bonds. The zero-order chi connectivity index (χ0) is 18.3. The lowest BCUT2D eigenvalue weighted by molar-refractivity contribution is -0.902. The number of ether oxygens (including phenoxy) is 2. The molecule has 0 bridgehead atoms. The zero-order valence-corrected chi connectivity index (χ0v) is 15.9. The molecule has 0 rings (SSSR count). The van der Waals surface area contributed by atoms with Crippen molar-refractivity contribution >= 4 is 17.8 Å². The number of hydrogen-bond donors (Lipinski definition) is 1. The number of alkyl halides is 1. The number of esters is 2. The molecule has 0 fully saturated rings. The smallest absolute Gasteiger partial charge is 0.329 e. The van der Waals surface area contributed by atoms with Crippen molar-refractivity contribution in [1.82, 2.24) is 5.32 Å². The summed E-state index contributed by atoms with van der Waals surface area (Å²) in [5.41, 5.74) is -0.690. The summed E-state index contributed by atoms with van der Waals surface area (Å²) in [7, 11) is 3.31. The largest absolute Gasteiger partial charge is 1.00 e. The first kappa shape index (κ1) is 24.8. The third-order valence-corrected chi connectivity index (χ3v) is 2.72. The summed E-state index contributed by atoms with van der Waals surface area (Å²) in [4.78, 5) is 35.0. The molecule has 0 aromatic carbocycles. The van der Waals surface area contributed by atoms with Gasteiger partial charge < -0.3 is 27.2 Å². The highest BCUT2D eigenvalue weighted by molar-refractivity contribution is 5.87. The minimum absolute atomic E-state index is 0. The van der Waals surface area contributed by atoms with Gasteiger partial charge in [-0.3, -0.25) is 14.1 Å². The second-order valence-electron chi connectivity index (χ2n) is 6.99. The fraction of sp³-hybridized carbons (Fsp3) is 0.800. The van der Waals surface area contributed by atoms with Crippen LogP contribution in [0.5, 0.6) is 0 Å². The zero-order valence-electron chi connectivity index (χ0n) is 15.2. The first-order valence-electron chi connectivity index (χ1n) is 7.40. The lowest BCUT2D eigenvalue weighted by Crippen LogP contribution is -3.00. The van der Waals surface area contributed by atoms with E-state index in [1.54, 1.807) is 34.9 Å². The molecule has 0 aromatic rings. The summed E-state index contributed by atoms with van der Waals surface area (Å²) >= 11 is 0. The number of rotatable bonds is 8. The number of carbonyl (C=O) groups excluding carboxylic acids is 3. The van der Waals surface area contributed by atoms with Gasteiger partial charge in [-0.1, -0.05) is 0 Å². The SMILES string of the molecule is CC(=O)N[C@@H](CC(=O)OC(C)(C)C)C(=O)OCC[N+](C)(C)CF.[Cl-]. The van der Waals surface area contributed by atoms with Crippen LogP contribution in [-0.2, 0) is 23.9 Å². The van der Waals surface area contributed by atoms with Crippen molar-refractivity contribution in [3.8, 4) is 0 Å². The summed E-state index contributed by atoms with van der Waals surface area (Å²) in [6.07, 6.45) is -0.322. The fourth-order valence-electron chi connectivity index (χ4n) is 1.54. The molecule has 0 aromatic heterocycles. The predicted octanol–water partition coefficient (Wildman–Crippen LogP) is -2.23. The Hall–Kier alpha value is -1.41. The van der Waals surface area contributed by atoms with Crippen molar-refractivity contribution in [2.24, 2.45) is 0 Å². The average molecular weight is 371 g/mol. The third kappa shape index (κ3) is 12.1. The highest BCUT2D eigenvalue weighted by Gasteiger charge is 2.28.